The summed E-state index contributed by atoms with van der Waals surface area (Å²) in [6, 6.07) is 6.53. The molecule has 1 amide bonds. The third kappa shape index (κ3) is 3.19. The fraction of sp³-hybridized carbons (Fsp3) is 0. The molecule has 0 aliphatic heterocycles. The summed E-state index contributed by atoms with van der Waals surface area (Å²) < 4.78 is 4.33. The van der Waals surface area contributed by atoms with Crippen LogP contribution in [-0.2, 0) is 4.79 Å². The van der Waals surface area contributed by atoms with Gasteiger partial charge in [0.05, 0.1) is 0 Å². The molecule has 8 nitrogen and oxygen atoms in total. The minimum atomic E-state index is -1.03. The Morgan fingerprint density at radius 2 is 1.95 bits per heavy atom. The Labute approximate surface area is 112 Å². The molecule has 0 unspecified atom stereocenters. The highest BCUT2D eigenvalue weighted by molar-refractivity contribution is 6.05. The van der Waals surface area contributed by atoms with Gasteiger partial charge in [-0.25, -0.2) is 9.42 Å². The topological polar surface area (TPSA) is 131 Å². The number of nitrogens with two attached hydrogens (primary N) is 1. The van der Waals surface area contributed by atoms with Crippen molar-refractivity contribution in [1.29, 1.82) is 0 Å². The fourth-order valence-corrected chi connectivity index (χ4v) is 1.39. The molecule has 4 N–H and O–H groups in total. The van der Waals surface area contributed by atoms with Crippen molar-refractivity contribution in [3.05, 3.63) is 41.6 Å². The molecule has 0 spiro atoms. The number of rotatable bonds is 4. The summed E-state index contributed by atoms with van der Waals surface area (Å²) in [5.41, 5.74) is 6.49. The smallest absolute Gasteiger partial charge is 0.328 e. The van der Waals surface area contributed by atoms with Crippen LogP contribution >= 0.6 is 0 Å². The molecule has 8 heteroatoms. The summed E-state index contributed by atoms with van der Waals surface area (Å²) >= 11 is 0. The van der Waals surface area contributed by atoms with E-state index in [1.807, 2.05) is 0 Å². The zero-order valence-electron chi connectivity index (χ0n) is 10.1. The number of carboxylic acids is 1. The number of aliphatic carboxylic acids is 1. The number of nitrogen functional groups attached to an aromatic ring is 1. The number of carboxylic acid groups (broad SMARTS) is 1. The highest BCUT2D eigenvalue weighted by Gasteiger charge is 2.15. The predicted molar refractivity (Wildman–Crippen MR) is 69.8 cm³/mol. The number of aromatic nitrogens is 2. The van der Waals surface area contributed by atoms with Gasteiger partial charge in [-0.05, 0) is 34.1 Å². The number of nitrogens with zero attached hydrogens (tertiary/aromatic N) is 2. The molecule has 0 atom stereocenters. The van der Waals surface area contributed by atoms with Gasteiger partial charge in [-0.2, -0.15) is 0 Å². The maximum absolute atomic E-state index is 11.8. The van der Waals surface area contributed by atoms with Gasteiger partial charge in [0.1, 0.15) is 0 Å². The lowest BCUT2D eigenvalue weighted by Crippen LogP contribution is -2.14. The Bertz CT molecular complexity index is 660. The third-order valence-electron chi connectivity index (χ3n) is 2.32. The van der Waals surface area contributed by atoms with Crippen LogP contribution in [0.3, 0.4) is 0 Å². The normalized spacial score (nSPS) is 10.6. The Morgan fingerprint density at radius 1 is 1.25 bits per heavy atom. The largest absolute Gasteiger partial charge is 0.478 e. The lowest BCUT2D eigenvalue weighted by molar-refractivity contribution is -0.131. The first kappa shape index (κ1) is 13.3. The molecular weight excluding hydrogens is 264 g/mol. The maximum Gasteiger partial charge on any atom is 0.328 e. The van der Waals surface area contributed by atoms with E-state index < -0.39 is 11.9 Å². The van der Waals surface area contributed by atoms with Crippen LogP contribution in [0.1, 0.15) is 16.1 Å². The summed E-state index contributed by atoms with van der Waals surface area (Å²) in [4.78, 5) is 22.1. The van der Waals surface area contributed by atoms with Crippen LogP contribution in [0.25, 0.3) is 6.08 Å². The highest BCUT2D eigenvalue weighted by atomic mass is 16.6. The van der Waals surface area contributed by atoms with Crippen molar-refractivity contribution in [3.8, 4) is 0 Å². The molecule has 20 heavy (non-hydrogen) atoms. The molecule has 1 aromatic carbocycles. The van der Waals surface area contributed by atoms with Crippen molar-refractivity contribution >= 4 is 29.5 Å². The molecule has 0 saturated heterocycles. The molecule has 0 aliphatic rings. The van der Waals surface area contributed by atoms with Gasteiger partial charge in [0.25, 0.3) is 5.91 Å². The van der Waals surface area contributed by atoms with E-state index in [1.165, 1.54) is 6.08 Å². The third-order valence-corrected chi connectivity index (χ3v) is 2.32. The second kappa shape index (κ2) is 5.65. The zero-order valence-corrected chi connectivity index (χ0v) is 10.1. The Morgan fingerprint density at radius 3 is 2.50 bits per heavy atom. The number of hydrogen-bond donors (Lipinski definition) is 3. The lowest BCUT2D eigenvalue weighted by atomic mass is 10.2. The maximum atomic E-state index is 11.8. The van der Waals surface area contributed by atoms with E-state index in [0.717, 1.165) is 6.08 Å². The fourth-order valence-electron chi connectivity index (χ4n) is 1.39. The molecule has 2 aromatic rings. The molecule has 0 fully saturated rings. The van der Waals surface area contributed by atoms with E-state index in [1.54, 1.807) is 24.3 Å². The second-order valence-corrected chi connectivity index (χ2v) is 3.75. The first-order valence-electron chi connectivity index (χ1n) is 5.46. The number of anilines is 2. The first-order chi connectivity index (χ1) is 9.56. The predicted octanol–water partition coefficient (Wildman–Crippen LogP) is 1.00. The first-order valence-corrected chi connectivity index (χ1v) is 5.46. The van der Waals surface area contributed by atoms with Crippen LogP contribution in [0.2, 0.25) is 0 Å². The van der Waals surface area contributed by atoms with Crippen molar-refractivity contribution < 1.29 is 19.3 Å². The molecule has 2 rings (SSSR count). The van der Waals surface area contributed by atoms with Gasteiger partial charge in [0.2, 0.25) is 11.5 Å². The van der Waals surface area contributed by atoms with Crippen LogP contribution < -0.4 is 11.1 Å². The van der Waals surface area contributed by atoms with E-state index >= 15 is 0 Å². The van der Waals surface area contributed by atoms with Crippen molar-refractivity contribution in [3.63, 3.8) is 0 Å². The number of hydrogen-bond acceptors (Lipinski definition) is 6. The number of benzene rings is 1. The molecule has 0 aliphatic carbocycles. The number of nitrogens with one attached hydrogen (secondary N) is 1. The average molecular weight is 274 g/mol. The van der Waals surface area contributed by atoms with E-state index in [4.69, 9.17) is 10.8 Å². The van der Waals surface area contributed by atoms with Crippen LogP contribution in [0.15, 0.2) is 35.0 Å². The molecule has 1 aromatic heterocycles. The van der Waals surface area contributed by atoms with E-state index in [9.17, 15) is 9.59 Å². The molecule has 1 heterocycles. The Kier molecular flexibility index (Phi) is 3.75. The van der Waals surface area contributed by atoms with Gasteiger partial charge < -0.3 is 16.2 Å². The lowest BCUT2D eigenvalue weighted by Gasteiger charge is -2.03. The molecule has 0 saturated carbocycles. The molecule has 0 radical (unpaired) electrons. The van der Waals surface area contributed by atoms with Gasteiger partial charge in [-0.3, -0.25) is 4.79 Å². The van der Waals surface area contributed by atoms with Crippen LogP contribution in [0.4, 0.5) is 11.5 Å². The van der Waals surface area contributed by atoms with Gasteiger partial charge >= 0.3 is 5.97 Å². The number of amides is 1. The second-order valence-electron chi connectivity index (χ2n) is 3.75. The van der Waals surface area contributed by atoms with Gasteiger partial charge in [-0.1, -0.05) is 12.1 Å². The Balaban J connectivity index is 2.06. The molecule has 0 bridgehead atoms. The van der Waals surface area contributed by atoms with E-state index in [2.05, 4.69) is 20.3 Å². The van der Waals surface area contributed by atoms with E-state index in [0.29, 0.717) is 11.3 Å². The van der Waals surface area contributed by atoms with Crippen molar-refractivity contribution in [1.82, 2.24) is 10.3 Å². The number of carbonyl (C=O) groups is 2. The van der Waals surface area contributed by atoms with Gasteiger partial charge in [0, 0.05) is 11.8 Å². The molecule has 102 valence electrons. The quantitative estimate of drug-likeness (QED) is 0.708. The highest BCUT2D eigenvalue weighted by Crippen LogP contribution is 2.13. The SMILES string of the molecule is Nc1nonc1C(=O)Nc1ccc(/C=C/C(=O)O)cc1. The average Bonchev–Trinajstić information content (AvgIpc) is 2.84. The standard InChI is InChI=1S/C12H10N4O4/c13-11-10(15-20-16-11)12(19)14-8-4-1-7(2-5-8)3-6-9(17)18/h1-6H,(H2,13,16)(H,14,19)(H,17,18)/b6-3+. The van der Waals surface area contributed by atoms with Crippen LogP contribution in [-0.4, -0.2) is 27.3 Å². The van der Waals surface area contributed by atoms with Gasteiger partial charge in [0.15, 0.2) is 0 Å². The minimum Gasteiger partial charge on any atom is -0.478 e. The van der Waals surface area contributed by atoms with Crippen LogP contribution in [0.5, 0.6) is 0 Å². The monoisotopic (exact) mass is 274 g/mol. The van der Waals surface area contributed by atoms with Gasteiger partial charge in [-0.15, -0.1) is 0 Å². The summed E-state index contributed by atoms with van der Waals surface area (Å²) in [6.45, 7) is 0. The van der Waals surface area contributed by atoms with Crippen LogP contribution in [0, 0.1) is 0 Å². The summed E-state index contributed by atoms with van der Waals surface area (Å²) in [7, 11) is 0. The minimum absolute atomic E-state index is 0.0940. The van der Waals surface area contributed by atoms with Crippen molar-refractivity contribution in [2.75, 3.05) is 11.1 Å². The summed E-state index contributed by atoms with van der Waals surface area (Å²) in [6.07, 6.45) is 2.46. The Hall–Kier alpha value is -3.16. The number of carbonyl (C=O) groups excluding carboxylic acids is 1. The van der Waals surface area contributed by atoms with E-state index in [-0.39, 0.29) is 11.5 Å². The summed E-state index contributed by atoms with van der Waals surface area (Å²) in [5.74, 6) is -1.67. The van der Waals surface area contributed by atoms with Crippen molar-refractivity contribution in [2.24, 2.45) is 0 Å². The summed E-state index contributed by atoms with van der Waals surface area (Å²) in [5, 5.41) is 17.7. The van der Waals surface area contributed by atoms with Crippen molar-refractivity contribution in [2.45, 2.75) is 0 Å². The molecular formula is C12H10N4O4. The zero-order chi connectivity index (χ0) is 14.5.